The Bertz CT molecular complexity index is 869. The lowest BCUT2D eigenvalue weighted by molar-refractivity contribution is -0.142. The number of rotatable bonds is 7. The number of amides is 1. The molecule has 0 aliphatic carbocycles. The molecule has 1 N–H and O–H groups in total. The first-order valence-corrected chi connectivity index (χ1v) is 9.46. The van der Waals surface area contributed by atoms with Gasteiger partial charge in [-0.1, -0.05) is 18.2 Å². The van der Waals surface area contributed by atoms with Crippen molar-refractivity contribution in [2.75, 3.05) is 39.7 Å². The molecule has 29 heavy (non-hydrogen) atoms. The Balaban J connectivity index is 1.85. The van der Waals surface area contributed by atoms with Crippen molar-refractivity contribution in [2.45, 2.75) is 18.9 Å². The molecule has 1 aliphatic heterocycles. The molecule has 1 aliphatic rings. The first kappa shape index (κ1) is 20.7. The van der Waals surface area contributed by atoms with E-state index in [1.54, 1.807) is 14.2 Å². The van der Waals surface area contributed by atoms with E-state index in [0.29, 0.717) is 18.0 Å². The lowest BCUT2D eigenvalue weighted by Gasteiger charge is -2.36. The number of benzene rings is 2. The number of nitrogens with one attached hydrogen (secondary N) is 1. The van der Waals surface area contributed by atoms with Gasteiger partial charge in [-0.15, -0.1) is 0 Å². The second-order valence-electron chi connectivity index (χ2n) is 6.84. The van der Waals surface area contributed by atoms with E-state index in [0.717, 1.165) is 23.2 Å². The second kappa shape index (κ2) is 9.43. The maximum atomic E-state index is 12.6. The summed E-state index contributed by atoms with van der Waals surface area (Å²) in [6.45, 7) is 0.816. The summed E-state index contributed by atoms with van der Waals surface area (Å²) in [5.74, 6) is 0.788. The number of carbonyl (C=O) groups is 2. The highest BCUT2D eigenvalue weighted by molar-refractivity contribution is 5.92. The van der Waals surface area contributed by atoms with Crippen LogP contribution in [0.25, 0.3) is 0 Å². The fourth-order valence-electron chi connectivity index (χ4n) is 3.66. The minimum atomic E-state index is -0.328. The zero-order valence-corrected chi connectivity index (χ0v) is 16.9. The number of carbonyl (C=O) groups excluding carboxylic acids is 2. The fourth-order valence-corrected chi connectivity index (χ4v) is 3.66. The van der Waals surface area contributed by atoms with E-state index >= 15 is 0 Å². The zero-order chi connectivity index (χ0) is 20.8. The number of methoxy groups -OCH3 is 3. The van der Waals surface area contributed by atoms with Crippen LogP contribution in [0.3, 0.4) is 0 Å². The van der Waals surface area contributed by atoms with E-state index in [-0.39, 0.29) is 30.9 Å². The topological polar surface area (TPSA) is 77.1 Å². The van der Waals surface area contributed by atoms with Crippen LogP contribution in [0.1, 0.15) is 23.6 Å². The Kier molecular flexibility index (Phi) is 6.72. The van der Waals surface area contributed by atoms with Crippen LogP contribution in [0.15, 0.2) is 42.5 Å². The predicted molar refractivity (Wildman–Crippen MR) is 109 cm³/mol. The fraction of sp³-hybridized carbons (Fsp3) is 0.364. The molecule has 0 radical (unpaired) electrons. The molecule has 0 aromatic heterocycles. The summed E-state index contributed by atoms with van der Waals surface area (Å²) in [6, 6.07) is 12.9. The van der Waals surface area contributed by atoms with Crippen LogP contribution in [-0.2, 0) is 20.7 Å². The maximum absolute atomic E-state index is 12.6. The van der Waals surface area contributed by atoms with Crippen LogP contribution in [0.2, 0.25) is 0 Å². The molecule has 0 fully saturated rings. The summed E-state index contributed by atoms with van der Waals surface area (Å²) in [5.41, 5.74) is 2.77. The molecule has 2 aromatic rings. The van der Waals surface area contributed by atoms with E-state index in [1.807, 2.05) is 47.4 Å². The van der Waals surface area contributed by atoms with E-state index < -0.39 is 0 Å². The lowest BCUT2D eigenvalue weighted by atomic mass is 9.90. The molecule has 0 saturated carbocycles. The van der Waals surface area contributed by atoms with Gasteiger partial charge in [0, 0.05) is 18.3 Å². The zero-order valence-electron chi connectivity index (χ0n) is 16.9. The molecule has 1 atom stereocenters. The van der Waals surface area contributed by atoms with Crippen LogP contribution >= 0.6 is 0 Å². The quantitative estimate of drug-likeness (QED) is 0.723. The van der Waals surface area contributed by atoms with E-state index in [4.69, 9.17) is 14.2 Å². The summed E-state index contributed by atoms with van der Waals surface area (Å²) in [5, 5.41) is 2.90. The van der Waals surface area contributed by atoms with Crippen molar-refractivity contribution in [3.63, 3.8) is 0 Å². The summed E-state index contributed by atoms with van der Waals surface area (Å²) in [4.78, 5) is 26.7. The Labute approximate surface area is 170 Å². The number of fused-ring (bicyclic) bond motifs is 1. The predicted octanol–water partition coefficient (Wildman–Crippen LogP) is 2.80. The van der Waals surface area contributed by atoms with Crippen molar-refractivity contribution in [3.8, 4) is 11.5 Å². The number of hydrogen-bond donors (Lipinski definition) is 1. The monoisotopic (exact) mass is 398 g/mol. The molecule has 0 unspecified atom stereocenters. The van der Waals surface area contributed by atoms with Gasteiger partial charge < -0.3 is 19.5 Å². The maximum Gasteiger partial charge on any atom is 0.307 e. The molecule has 0 saturated heterocycles. The molecule has 2 aromatic carbocycles. The molecule has 7 nitrogen and oxygen atoms in total. The van der Waals surface area contributed by atoms with E-state index in [1.165, 1.54) is 7.11 Å². The largest absolute Gasteiger partial charge is 0.493 e. The summed E-state index contributed by atoms with van der Waals surface area (Å²) in [6.07, 6.45) is 0.892. The highest BCUT2D eigenvalue weighted by Crippen LogP contribution is 2.39. The molecule has 0 spiro atoms. The molecule has 0 bridgehead atoms. The smallest absolute Gasteiger partial charge is 0.307 e. The number of esters is 1. The van der Waals surface area contributed by atoms with Gasteiger partial charge in [0.2, 0.25) is 5.91 Å². The first-order chi connectivity index (χ1) is 14.0. The van der Waals surface area contributed by atoms with Crippen molar-refractivity contribution in [2.24, 2.45) is 0 Å². The molecule has 154 valence electrons. The van der Waals surface area contributed by atoms with Crippen molar-refractivity contribution < 1.29 is 23.8 Å². The van der Waals surface area contributed by atoms with E-state index in [2.05, 4.69) is 5.32 Å². The highest BCUT2D eigenvalue weighted by Gasteiger charge is 2.32. The van der Waals surface area contributed by atoms with Gasteiger partial charge in [-0.25, -0.2) is 0 Å². The average Bonchev–Trinajstić information content (AvgIpc) is 2.74. The van der Waals surface area contributed by atoms with Crippen molar-refractivity contribution >= 4 is 17.6 Å². The Morgan fingerprint density at radius 1 is 1.07 bits per heavy atom. The van der Waals surface area contributed by atoms with Crippen molar-refractivity contribution in [1.29, 1.82) is 0 Å². The van der Waals surface area contributed by atoms with Gasteiger partial charge in [-0.3, -0.25) is 14.5 Å². The summed E-state index contributed by atoms with van der Waals surface area (Å²) >= 11 is 0. The van der Waals surface area contributed by atoms with Crippen LogP contribution in [-0.4, -0.2) is 51.2 Å². The first-order valence-electron chi connectivity index (χ1n) is 9.46. The average molecular weight is 398 g/mol. The molecular weight excluding hydrogens is 372 g/mol. The van der Waals surface area contributed by atoms with Crippen LogP contribution < -0.4 is 14.8 Å². The third-order valence-electron chi connectivity index (χ3n) is 5.11. The molecule has 1 heterocycles. The van der Waals surface area contributed by atoms with Crippen LogP contribution in [0.5, 0.6) is 11.5 Å². The minimum absolute atomic E-state index is 0.130. The van der Waals surface area contributed by atoms with Crippen molar-refractivity contribution in [3.05, 3.63) is 53.6 Å². The number of para-hydroxylation sites is 1. The van der Waals surface area contributed by atoms with Crippen LogP contribution in [0, 0.1) is 0 Å². The SMILES string of the molecule is COC(=O)C[C@@H]1c2cc(OC)c(OC)cc2CCN1CC(=O)Nc1ccccc1. The Hall–Kier alpha value is -3.06. The van der Waals surface area contributed by atoms with Gasteiger partial charge in [-0.05, 0) is 41.8 Å². The van der Waals surface area contributed by atoms with Gasteiger partial charge in [0.05, 0.1) is 34.3 Å². The second-order valence-corrected chi connectivity index (χ2v) is 6.84. The van der Waals surface area contributed by atoms with Gasteiger partial charge >= 0.3 is 5.97 Å². The molecule has 3 rings (SSSR count). The highest BCUT2D eigenvalue weighted by atomic mass is 16.5. The standard InChI is InChI=1S/C22H26N2O5/c1-27-19-11-15-9-10-24(14-21(25)23-16-7-5-4-6-8-16)18(13-22(26)29-3)17(15)12-20(19)28-2/h4-8,11-12,18H,9-10,13-14H2,1-3H3,(H,23,25)/t18-/m1/s1. The Morgan fingerprint density at radius 3 is 2.41 bits per heavy atom. The molecule has 1 amide bonds. The van der Waals surface area contributed by atoms with Crippen molar-refractivity contribution in [1.82, 2.24) is 4.90 Å². The Morgan fingerprint density at radius 2 is 1.76 bits per heavy atom. The molecule has 7 heteroatoms. The molecular formula is C22H26N2O5. The number of ether oxygens (including phenoxy) is 3. The number of anilines is 1. The van der Waals surface area contributed by atoms with Gasteiger partial charge in [0.1, 0.15) is 0 Å². The summed E-state index contributed by atoms with van der Waals surface area (Å²) < 4.78 is 15.7. The third-order valence-corrected chi connectivity index (χ3v) is 5.11. The number of nitrogens with zero attached hydrogens (tertiary/aromatic N) is 1. The lowest BCUT2D eigenvalue weighted by Crippen LogP contribution is -2.41. The van der Waals surface area contributed by atoms with Gasteiger partial charge in [-0.2, -0.15) is 0 Å². The van der Waals surface area contributed by atoms with Gasteiger partial charge in [0.15, 0.2) is 11.5 Å². The normalized spacial score (nSPS) is 15.9. The van der Waals surface area contributed by atoms with Gasteiger partial charge in [0.25, 0.3) is 0 Å². The number of hydrogen-bond acceptors (Lipinski definition) is 6. The van der Waals surface area contributed by atoms with E-state index in [9.17, 15) is 9.59 Å². The minimum Gasteiger partial charge on any atom is -0.493 e. The summed E-state index contributed by atoms with van der Waals surface area (Å²) in [7, 11) is 4.54. The van der Waals surface area contributed by atoms with Crippen LogP contribution in [0.4, 0.5) is 5.69 Å². The third kappa shape index (κ3) is 4.86.